The Labute approximate surface area is 234 Å². The van der Waals surface area contributed by atoms with Crippen LogP contribution in [0.1, 0.15) is 60.3 Å². The second-order valence-corrected chi connectivity index (χ2v) is 11.5. The highest BCUT2D eigenvalue weighted by molar-refractivity contribution is 7.14. The van der Waals surface area contributed by atoms with Crippen LogP contribution < -0.4 is 16.2 Å². The Morgan fingerprint density at radius 2 is 1.45 bits per heavy atom. The molecule has 0 bridgehead atoms. The zero-order chi connectivity index (χ0) is 30.4. The Hall–Kier alpha value is -4.32. The third kappa shape index (κ3) is 9.16. The minimum absolute atomic E-state index is 0.199. The van der Waals surface area contributed by atoms with E-state index >= 15 is 0 Å². The molecular weight excluding hydrogens is 542 g/mol. The summed E-state index contributed by atoms with van der Waals surface area (Å²) in [5.74, 6) is -3.76. The summed E-state index contributed by atoms with van der Waals surface area (Å²) in [4.78, 5) is 25.8. The number of nitrogen functional groups attached to an aromatic ring is 2. The van der Waals surface area contributed by atoms with Gasteiger partial charge in [0.05, 0.1) is 5.41 Å². The molecule has 40 heavy (non-hydrogen) atoms. The summed E-state index contributed by atoms with van der Waals surface area (Å²) in [5.41, 5.74) is 9.49. The van der Waals surface area contributed by atoms with Crippen molar-refractivity contribution in [2.45, 2.75) is 46.6 Å². The van der Waals surface area contributed by atoms with E-state index in [4.69, 9.17) is 36.9 Å². The molecule has 3 aromatic rings. The summed E-state index contributed by atoms with van der Waals surface area (Å²) in [6.07, 6.45) is 0.390. The molecule has 2 aromatic carbocycles. The van der Waals surface area contributed by atoms with Crippen molar-refractivity contribution in [1.29, 1.82) is 10.8 Å². The zero-order valence-electron chi connectivity index (χ0n) is 22.7. The fourth-order valence-electron chi connectivity index (χ4n) is 3.08. The molecule has 7 N–H and O–H groups in total. The van der Waals surface area contributed by atoms with Crippen molar-refractivity contribution >= 4 is 34.9 Å². The maximum Gasteiger partial charge on any atom is 0.353 e. The molecule has 0 aliphatic rings. The van der Waals surface area contributed by atoms with Gasteiger partial charge in [-0.3, -0.25) is 15.6 Å². The number of amidine groups is 2. The average Bonchev–Trinajstić information content (AvgIpc) is 3.29. The van der Waals surface area contributed by atoms with Crippen molar-refractivity contribution in [3.63, 3.8) is 0 Å². The van der Waals surface area contributed by atoms with Crippen molar-refractivity contribution in [2.24, 2.45) is 16.9 Å². The number of halogens is 2. The molecule has 0 aliphatic carbocycles. The average molecular weight is 575 g/mol. The lowest BCUT2D eigenvalue weighted by Crippen LogP contribution is -2.35. The second kappa shape index (κ2) is 12.7. The van der Waals surface area contributed by atoms with Crippen LogP contribution in [0.3, 0.4) is 0 Å². The van der Waals surface area contributed by atoms with E-state index in [-0.39, 0.29) is 39.4 Å². The van der Waals surface area contributed by atoms with Crippen molar-refractivity contribution in [2.75, 3.05) is 0 Å². The highest BCUT2D eigenvalue weighted by Crippen LogP contribution is 2.30. The summed E-state index contributed by atoms with van der Waals surface area (Å²) in [7, 11) is 0. The lowest BCUT2D eigenvalue weighted by molar-refractivity contribution is -0.165. The molecule has 0 amide bonds. The molecule has 3 rings (SSSR count). The number of phenols is 1. The fraction of sp³-hybridized carbons (Fsp3) is 0.286. The molecule has 214 valence electrons. The van der Waals surface area contributed by atoms with E-state index in [1.54, 1.807) is 26.0 Å². The molecule has 1 aromatic heterocycles. The van der Waals surface area contributed by atoms with Gasteiger partial charge in [-0.15, -0.1) is 11.3 Å². The van der Waals surface area contributed by atoms with E-state index in [1.165, 1.54) is 29.5 Å². The van der Waals surface area contributed by atoms with Gasteiger partial charge in [0.2, 0.25) is 0 Å². The molecular formula is C28H32F2N4O5S. The number of esters is 2. The third-order valence-corrected chi connectivity index (χ3v) is 6.20. The van der Waals surface area contributed by atoms with Crippen LogP contribution in [0.15, 0.2) is 48.5 Å². The molecule has 0 aliphatic heterocycles. The number of carbonyl (C=O) groups is 2. The molecule has 0 radical (unpaired) electrons. The number of benzene rings is 2. The fourth-order valence-corrected chi connectivity index (χ4v) is 4.20. The predicted octanol–water partition coefficient (Wildman–Crippen LogP) is 5.12. The van der Waals surface area contributed by atoms with Gasteiger partial charge in [0.1, 0.15) is 22.1 Å². The number of phenolic OH excluding ortho intramolecular Hbond substituents is 1. The topological polar surface area (TPSA) is 173 Å². The van der Waals surface area contributed by atoms with Crippen LogP contribution in [0.25, 0.3) is 0 Å². The highest BCUT2D eigenvalue weighted by Gasteiger charge is 2.33. The second-order valence-electron chi connectivity index (χ2n) is 10.4. The quantitative estimate of drug-likeness (QED) is 0.113. The van der Waals surface area contributed by atoms with E-state index in [0.29, 0.717) is 6.42 Å². The van der Waals surface area contributed by atoms with Gasteiger partial charge in [0.15, 0.2) is 23.1 Å². The van der Waals surface area contributed by atoms with Crippen LogP contribution in [0.4, 0.5) is 8.78 Å². The summed E-state index contributed by atoms with van der Waals surface area (Å²) in [5, 5.41) is 23.0. The van der Waals surface area contributed by atoms with Gasteiger partial charge >= 0.3 is 11.9 Å². The molecule has 0 unspecified atom stereocenters. The molecule has 0 atom stereocenters. The Balaban J connectivity index is 0.000000425. The Morgan fingerprint density at radius 3 is 1.95 bits per heavy atom. The smallest absolute Gasteiger partial charge is 0.353 e. The van der Waals surface area contributed by atoms with E-state index in [1.807, 2.05) is 20.8 Å². The van der Waals surface area contributed by atoms with Crippen LogP contribution >= 0.6 is 11.3 Å². The van der Waals surface area contributed by atoms with Crippen molar-refractivity contribution < 1.29 is 33.0 Å². The Morgan fingerprint density at radius 1 is 0.900 bits per heavy atom. The number of nitrogens with two attached hydrogens (primary N) is 2. The van der Waals surface area contributed by atoms with Crippen molar-refractivity contribution in [1.82, 2.24) is 0 Å². The largest absolute Gasteiger partial charge is 0.505 e. The number of carbonyl (C=O) groups excluding carboxylic acids is 2. The number of thiophene rings is 1. The highest BCUT2D eigenvalue weighted by atomic mass is 32.1. The SMILES string of the molecule is CC(C)(C)OC(=O)C(C)(C)Cc1ccc(C(=O)Oc2ccc(C(=N)N)cc2F)s1.N=C(N)c1ccc(O)c(F)c1. The minimum Gasteiger partial charge on any atom is -0.505 e. The van der Waals surface area contributed by atoms with Crippen molar-refractivity contribution in [3.05, 3.63) is 81.0 Å². The van der Waals surface area contributed by atoms with Gasteiger partial charge in [-0.1, -0.05) is 0 Å². The predicted molar refractivity (Wildman–Crippen MR) is 149 cm³/mol. The van der Waals surface area contributed by atoms with Gasteiger partial charge in [0.25, 0.3) is 0 Å². The number of ether oxygens (including phenoxy) is 2. The summed E-state index contributed by atoms with van der Waals surface area (Å²) >= 11 is 1.18. The summed E-state index contributed by atoms with van der Waals surface area (Å²) in [6.45, 7) is 8.99. The third-order valence-electron chi connectivity index (χ3n) is 5.13. The summed E-state index contributed by atoms with van der Waals surface area (Å²) in [6, 6.07) is 10.6. The van der Waals surface area contributed by atoms with E-state index in [2.05, 4.69) is 0 Å². The van der Waals surface area contributed by atoms with Crippen LogP contribution in [0, 0.1) is 27.9 Å². The minimum atomic E-state index is -0.783. The van der Waals surface area contributed by atoms with E-state index in [9.17, 15) is 18.4 Å². The number of nitrogens with one attached hydrogen (secondary N) is 2. The molecule has 12 heteroatoms. The van der Waals surface area contributed by atoms with Gasteiger partial charge in [-0.25, -0.2) is 13.6 Å². The first-order valence-electron chi connectivity index (χ1n) is 11.9. The molecule has 1 heterocycles. The molecule has 0 spiro atoms. The maximum atomic E-state index is 14.1. The molecule has 0 fully saturated rings. The standard InChI is InChI=1S/C21H25FN2O4S.C7H7FN2O/c1-20(2,3)28-19(26)21(4,5)11-13-7-9-16(29-13)18(25)27-15-8-6-12(17(23)24)10-14(15)22;8-5-3-4(7(9)10)1-2-6(5)11/h6-10H,11H2,1-5H3,(H3,23,24);1-3,11H,(H3,9,10). The number of hydrogen-bond acceptors (Lipinski definition) is 8. The van der Waals surface area contributed by atoms with E-state index < -0.39 is 34.4 Å². The summed E-state index contributed by atoms with van der Waals surface area (Å²) < 4.78 is 37.2. The molecule has 9 nitrogen and oxygen atoms in total. The normalized spacial score (nSPS) is 11.2. The monoisotopic (exact) mass is 574 g/mol. The number of rotatable bonds is 7. The van der Waals surface area contributed by atoms with Gasteiger partial charge in [0, 0.05) is 16.0 Å². The van der Waals surface area contributed by atoms with Gasteiger partial charge in [-0.05, 0) is 89.6 Å². The maximum absolute atomic E-state index is 14.1. The molecule has 0 saturated carbocycles. The first-order valence-corrected chi connectivity index (χ1v) is 12.7. The van der Waals surface area contributed by atoms with Crippen molar-refractivity contribution in [3.8, 4) is 11.5 Å². The number of aromatic hydroxyl groups is 1. The first-order chi connectivity index (χ1) is 18.4. The lowest BCUT2D eigenvalue weighted by atomic mass is 9.88. The van der Waals surface area contributed by atoms with Crippen LogP contribution in [0.5, 0.6) is 11.5 Å². The van der Waals surface area contributed by atoms with Crippen LogP contribution in [-0.2, 0) is 16.0 Å². The number of hydrogen-bond donors (Lipinski definition) is 5. The Bertz CT molecular complexity index is 1430. The van der Waals surface area contributed by atoms with Crippen LogP contribution in [-0.4, -0.2) is 34.3 Å². The first kappa shape index (κ1) is 31.9. The zero-order valence-corrected chi connectivity index (χ0v) is 23.5. The lowest BCUT2D eigenvalue weighted by Gasteiger charge is -2.28. The Kier molecular flexibility index (Phi) is 10.1. The van der Waals surface area contributed by atoms with Gasteiger partial charge in [-0.2, -0.15) is 0 Å². The van der Waals surface area contributed by atoms with Crippen LogP contribution in [0.2, 0.25) is 0 Å². The molecule has 0 saturated heterocycles. The van der Waals surface area contributed by atoms with Gasteiger partial charge < -0.3 is 26.0 Å². The van der Waals surface area contributed by atoms with E-state index in [0.717, 1.165) is 23.1 Å².